The second-order valence-corrected chi connectivity index (χ2v) is 5.94. The number of aryl methyl sites for hydroxylation is 2. The zero-order valence-electron chi connectivity index (χ0n) is 12.4. The Morgan fingerprint density at radius 1 is 1.36 bits per heavy atom. The Bertz CT molecular complexity index is 847. The maximum Gasteiger partial charge on any atom is 0.260 e. The number of carbonyl (C=O) groups is 1. The Balaban J connectivity index is 1.70. The molecule has 0 atom stereocenters. The molecule has 0 radical (unpaired) electrons. The lowest BCUT2D eigenvalue weighted by Gasteiger charge is -2.05. The van der Waals surface area contributed by atoms with Crippen molar-refractivity contribution in [2.75, 3.05) is 0 Å². The molecular weight excluding hydrogens is 296 g/mol. The molecule has 2 heterocycles. The van der Waals surface area contributed by atoms with Crippen LogP contribution in [0.1, 0.15) is 16.3 Å². The summed E-state index contributed by atoms with van der Waals surface area (Å²) in [6.45, 7) is 4.11. The summed E-state index contributed by atoms with van der Waals surface area (Å²) in [5.74, 6) is 0.645. The van der Waals surface area contributed by atoms with Crippen molar-refractivity contribution in [3.8, 4) is 0 Å². The summed E-state index contributed by atoms with van der Waals surface area (Å²) < 4.78 is 1.89. The van der Waals surface area contributed by atoms with Gasteiger partial charge in [-0.2, -0.15) is 5.10 Å². The standard InChI is InChI=1S/C16H16N4OS/c1-11-7-8-22-15(11)9-17-19-16(21)10-20-12(2)18-13-5-3-4-6-14(13)20/h3-9H,10H2,1-2H3,(H,19,21). The lowest BCUT2D eigenvalue weighted by atomic mass is 10.3. The first-order valence-corrected chi connectivity index (χ1v) is 7.81. The topological polar surface area (TPSA) is 59.3 Å². The van der Waals surface area contributed by atoms with Gasteiger partial charge in [0.05, 0.1) is 17.2 Å². The first kappa shape index (κ1) is 14.5. The Morgan fingerprint density at radius 3 is 2.95 bits per heavy atom. The number of amides is 1. The van der Waals surface area contributed by atoms with E-state index in [1.54, 1.807) is 17.6 Å². The molecule has 112 valence electrons. The van der Waals surface area contributed by atoms with Crippen LogP contribution < -0.4 is 5.43 Å². The second kappa shape index (κ2) is 6.11. The number of thiophene rings is 1. The molecule has 2 aromatic heterocycles. The van der Waals surface area contributed by atoms with Crippen LogP contribution in [-0.2, 0) is 11.3 Å². The number of aromatic nitrogens is 2. The molecule has 5 nitrogen and oxygen atoms in total. The van der Waals surface area contributed by atoms with E-state index in [1.807, 2.05) is 54.1 Å². The lowest BCUT2D eigenvalue weighted by molar-refractivity contribution is -0.121. The highest BCUT2D eigenvalue weighted by Crippen LogP contribution is 2.15. The van der Waals surface area contributed by atoms with Crippen molar-refractivity contribution >= 4 is 34.5 Å². The summed E-state index contributed by atoms with van der Waals surface area (Å²) in [6, 6.07) is 9.80. The average Bonchev–Trinajstić information content (AvgIpc) is 3.04. The number of fused-ring (bicyclic) bond motifs is 1. The maximum absolute atomic E-state index is 12.0. The van der Waals surface area contributed by atoms with E-state index < -0.39 is 0 Å². The van der Waals surface area contributed by atoms with Gasteiger partial charge in [-0.3, -0.25) is 4.79 Å². The van der Waals surface area contributed by atoms with Crippen LogP contribution in [0.5, 0.6) is 0 Å². The van der Waals surface area contributed by atoms with Crippen LogP contribution in [0.4, 0.5) is 0 Å². The van der Waals surface area contributed by atoms with Gasteiger partial charge >= 0.3 is 0 Å². The zero-order valence-corrected chi connectivity index (χ0v) is 13.2. The fraction of sp³-hybridized carbons (Fsp3) is 0.188. The molecule has 3 rings (SSSR count). The van der Waals surface area contributed by atoms with Crippen LogP contribution >= 0.6 is 11.3 Å². The number of hydrogen-bond donors (Lipinski definition) is 1. The summed E-state index contributed by atoms with van der Waals surface area (Å²) in [5.41, 5.74) is 5.57. The van der Waals surface area contributed by atoms with E-state index in [4.69, 9.17) is 0 Å². The third-order valence-electron chi connectivity index (χ3n) is 3.42. The van der Waals surface area contributed by atoms with Gasteiger partial charge in [-0.15, -0.1) is 11.3 Å². The van der Waals surface area contributed by atoms with E-state index in [0.717, 1.165) is 27.3 Å². The predicted octanol–water partition coefficient (Wildman–Crippen LogP) is 2.86. The molecule has 0 bridgehead atoms. The van der Waals surface area contributed by atoms with Crippen LogP contribution in [0, 0.1) is 13.8 Å². The summed E-state index contributed by atoms with van der Waals surface area (Å²) in [5, 5.41) is 6.02. The minimum Gasteiger partial charge on any atom is -0.319 e. The molecule has 0 saturated carbocycles. The highest BCUT2D eigenvalue weighted by Gasteiger charge is 2.09. The number of nitrogens with one attached hydrogen (secondary N) is 1. The number of imidazole rings is 1. The summed E-state index contributed by atoms with van der Waals surface area (Å²) in [4.78, 5) is 17.5. The normalized spacial score (nSPS) is 11.4. The van der Waals surface area contributed by atoms with Crippen LogP contribution in [-0.4, -0.2) is 21.7 Å². The van der Waals surface area contributed by atoms with Crippen LogP contribution in [0.25, 0.3) is 11.0 Å². The molecule has 0 aliphatic heterocycles. The summed E-state index contributed by atoms with van der Waals surface area (Å²) in [7, 11) is 0. The Hall–Kier alpha value is -2.47. The van der Waals surface area contributed by atoms with Crippen molar-refractivity contribution in [2.45, 2.75) is 20.4 Å². The summed E-state index contributed by atoms with van der Waals surface area (Å²) in [6.07, 6.45) is 1.68. The highest BCUT2D eigenvalue weighted by atomic mass is 32.1. The minimum absolute atomic E-state index is 0.170. The number of carbonyl (C=O) groups excluding carboxylic acids is 1. The third kappa shape index (κ3) is 2.92. The number of hydrazone groups is 1. The molecule has 0 fully saturated rings. The number of rotatable bonds is 4. The molecule has 0 unspecified atom stereocenters. The molecule has 0 saturated heterocycles. The number of para-hydroxylation sites is 2. The quantitative estimate of drug-likeness (QED) is 0.595. The smallest absolute Gasteiger partial charge is 0.260 e. The zero-order chi connectivity index (χ0) is 15.5. The van der Waals surface area contributed by atoms with E-state index >= 15 is 0 Å². The van der Waals surface area contributed by atoms with Gasteiger partial charge in [0, 0.05) is 4.88 Å². The largest absolute Gasteiger partial charge is 0.319 e. The number of hydrogen-bond acceptors (Lipinski definition) is 4. The Kier molecular flexibility index (Phi) is 4.02. The van der Waals surface area contributed by atoms with E-state index in [0.29, 0.717) is 0 Å². The minimum atomic E-state index is -0.170. The second-order valence-electron chi connectivity index (χ2n) is 4.99. The van der Waals surface area contributed by atoms with E-state index in [-0.39, 0.29) is 12.5 Å². The average molecular weight is 312 g/mol. The van der Waals surface area contributed by atoms with Gasteiger partial charge in [-0.05, 0) is 43.0 Å². The molecule has 1 aromatic carbocycles. The van der Waals surface area contributed by atoms with Crippen LogP contribution in [0.2, 0.25) is 0 Å². The first-order valence-electron chi connectivity index (χ1n) is 6.93. The Labute approximate surface area is 132 Å². The Morgan fingerprint density at radius 2 is 2.18 bits per heavy atom. The van der Waals surface area contributed by atoms with Gasteiger partial charge in [0.2, 0.25) is 0 Å². The third-order valence-corrected chi connectivity index (χ3v) is 4.37. The molecule has 0 aliphatic rings. The van der Waals surface area contributed by atoms with Crippen molar-refractivity contribution in [1.82, 2.24) is 15.0 Å². The molecule has 1 amide bonds. The van der Waals surface area contributed by atoms with Gasteiger partial charge in [0.1, 0.15) is 12.4 Å². The molecule has 0 spiro atoms. The van der Waals surface area contributed by atoms with Crippen molar-refractivity contribution in [1.29, 1.82) is 0 Å². The predicted molar refractivity (Wildman–Crippen MR) is 89.3 cm³/mol. The van der Waals surface area contributed by atoms with Crippen molar-refractivity contribution < 1.29 is 4.79 Å². The molecule has 6 heteroatoms. The molecule has 1 N–H and O–H groups in total. The van der Waals surface area contributed by atoms with Gasteiger partial charge in [0.25, 0.3) is 5.91 Å². The van der Waals surface area contributed by atoms with E-state index in [1.165, 1.54) is 0 Å². The fourth-order valence-corrected chi connectivity index (χ4v) is 3.04. The molecule has 3 aromatic rings. The van der Waals surface area contributed by atoms with E-state index in [9.17, 15) is 4.79 Å². The van der Waals surface area contributed by atoms with Crippen LogP contribution in [0.15, 0.2) is 40.8 Å². The van der Waals surface area contributed by atoms with E-state index in [2.05, 4.69) is 15.5 Å². The molecule has 0 aliphatic carbocycles. The van der Waals surface area contributed by atoms with Gasteiger partial charge < -0.3 is 4.57 Å². The fourth-order valence-electron chi connectivity index (χ4n) is 2.25. The van der Waals surface area contributed by atoms with Gasteiger partial charge in [-0.1, -0.05) is 12.1 Å². The molecular formula is C16H16N4OS. The highest BCUT2D eigenvalue weighted by molar-refractivity contribution is 7.11. The van der Waals surface area contributed by atoms with Crippen LogP contribution in [0.3, 0.4) is 0 Å². The van der Waals surface area contributed by atoms with Crippen molar-refractivity contribution in [3.05, 3.63) is 52.0 Å². The van der Waals surface area contributed by atoms with Gasteiger partial charge in [0.15, 0.2) is 0 Å². The first-order chi connectivity index (χ1) is 10.6. The maximum atomic E-state index is 12.0. The summed E-state index contributed by atoms with van der Waals surface area (Å²) >= 11 is 1.60. The lowest BCUT2D eigenvalue weighted by Crippen LogP contribution is -2.23. The number of nitrogens with zero attached hydrogens (tertiary/aromatic N) is 3. The SMILES string of the molecule is Cc1ccsc1C=NNC(=O)Cn1c(C)nc2ccccc21. The van der Waals surface area contributed by atoms with Crippen molar-refractivity contribution in [2.24, 2.45) is 5.10 Å². The molecule has 22 heavy (non-hydrogen) atoms. The van der Waals surface area contributed by atoms with Crippen molar-refractivity contribution in [3.63, 3.8) is 0 Å². The number of benzene rings is 1. The van der Waals surface area contributed by atoms with Gasteiger partial charge in [-0.25, -0.2) is 10.4 Å². The monoisotopic (exact) mass is 312 g/mol.